The summed E-state index contributed by atoms with van der Waals surface area (Å²) >= 11 is 12.1. The highest BCUT2D eigenvalue weighted by molar-refractivity contribution is 6.46. The van der Waals surface area contributed by atoms with Gasteiger partial charge in [-0.1, -0.05) is 35.3 Å². The summed E-state index contributed by atoms with van der Waals surface area (Å²) in [7, 11) is 1.41. The van der Waals surface area contributed by atoms with Crippen LogP contribution < -0.4 is 19.7 Å². The molecule has 0 unspecified atom stereocenters. The van der Waals surface area contributed by atoms with Gasteiger partial charge in [0.1, 0.15) is 11.6 Å². The zero-order valence-corrected chi connectivity index (χ0v) is 17.0. The minimum atomic E-state index is -0.941. The standard InChI is InChI=1S/C20H13Cl2N3O5/c1-29-16-10-11(5-6-15(16)30-8-7-23)9-12-18(26)24-20(28)25(19(12)27)14-4-2-3-13(21)17(14)22/h2-6,9-10H,8H2,1H3,(H,24,26,28)/b12-9+. The number of amides is 4. The molecule has 0 aromatic heterocycles. The van der Waals surface area contributed by atoms with Gasteiger partial charge in [0.15, 0.2) is 18.1 Å². The van der Waals surface area contributed by atoms with Crippen molar-refractivity contribution in [1.29, 1.82) is 5.26 Å². The van der Waals surface area contributed by atoms with Crippen molar-refractivity contribution in [2.45, 2.75) is 0 Å². The van der Waals surface area contributed by atoms with E-state index in [1.165, 1.54) is 43.5 Å². The van der Waals surface area contributed by atoms with E-state index in [0.29, 0.717) is 17.1 Å². The maximum atomic E-state index is 13.0. The molecular formula is C20H13Cl2N3O5. The summed E-state index contributed by atoms with van der Waals surface area (Å²) in [6.45, 7) is -0.171. The lowest BCUT2D eigenvalue weighted by Gasteiger charge is -2.27. The average Bonchev–Trinajstić information content (AvgIpc) is 2.72. The van der Waals surface area contributed by atoms with Gasteiger partial charge in [0, 0.05) is 0 Å². The lowest BCUT2D eigenvalue weighted by Crippen LogP contribution is -2.54. The van der Waals surface area contributed by atoms with Crippen LogP contribution in [0.1, 0.15) is 5.56 Å². The van der Waals surface area contributed by atoms with Gasteiger partial charge in [-0.25, -0.2) is 9.69 Å². The number of urea groups is 1. The maximum Gasteiger partial charge on any atom is 0.336 e. The molecule has 1 saturated heterocycles. The third-order valence-corrected chi connectivity index (χ3v) is 4.87. The molecule has 1 aliphatic heterocycles. The number of carbonyl (C=O) groups is 3. The Balaban J connectivity index is 2.01. The second kappa shape index (κ2) is 8.86. The highest BCUT2D eigenvalue weighted by Crippen LogP contribution is 2.35. The van der Waals surface area contributed by atoms with E-state index in [-0.39, 0.29) is 27.9 Å². The molecule has 2 aromatic carbocycles. The van der Waals surface area contributed by atoms with Crippen LogP contribution in [0.25, 0.3) is 6.08 Å². The van der Waals surface area contributed by atoms with Gasteiger partial charge in [-0.2, -0.15) is 5.26 Å². The Morgan fingerprint density at radius 2 is 1.93 bits per heavy atom. The van der Waals surface area contributed by atoms with E-state index in [9.17, 15) is 14.4 Å². The lowest BCUT2D eigenvalue weighted by molar-refractivity contribution is -0.122. The van der Waals surface area contributed by atoms with Crippen molar-refractivity contribution in [3.8, 4) is 17.6 Å². The molecule has 0 aliphatic carbocycles. The number of anilines is 1. The van der Waals surface area contributed by atoms with Gasteiger partial charge in [-0.05, 0) is 35.9 Å². The number of methoxy groups -OCH3 is 1. The van der Waals surface area contributed by atoms with Gasteiger partial charge in [0.2, 0.25) is 0 Å². The van der Waals surface area contributed by atoms with Crippen LogP contribution in [0.3, 0.4) is 0 Å². The molecule has 1 aliphatic rings. The van der Waals surface area contributed by atoms with Gasteiger partial charge in [0.25, 0.3) is 11.8 Å². The number of nitriles is 1. The Morgan fingerprint density at radius 1 is 1.17 bits per heavy atom. The van der Waals surface area contributed by atoms with Gasteiger partial charge in [-0.3, -0.25) is 14.9 Å². The molecule has 1 fully saturated rings. The smallest absolute Gasteiger partial charge is 0.336 e. The fraction of sp³-hybridized carbons (Fsp3) is 0.100. The molecule has 1 heterocycles. The number of halogens is 2. The SMILES string of the molecule is COc1cc(/C=C2\C(=O)NC(=O)N(c3cccc(Cl)c3Cl)C2=O)ccc1OCC#N. The molecule has 0 spiro atoms. The van der Waals surface area contributed by atoms with E-state index in [1.807, 2.05) is 6.07 Å². The first kappa shape index (κ1) is 21.2. The van der Waals surface area contributed by atoms with Crippen molar-refractivity contribution in [1.82, 2.24) is 5.32 Å². The van der Waals surface area contributed by atoms with Gasteiger partial charge in [0.05, 0.1) is 22.8 Å². The second-order valence-corrected chi connectivity index (χ2v) is 6.67. The summed E-state index contributed by atoms with van der Waals surface area (Å²) in [6.07, 6.45) is 1.30. The Bertz CT molecular complexity index is 1120. The van der Waals surface area contributed by atoms with Crippen molar-refractivity contribution in [2.24, 2.45) is 0 Å². The second-order valence-electron chi connectivity index (χ2n) is 5.89. The van der Waals surface area contributed by atoms with Crippen LogP contribution in [0.2, 0.25) is 10.0 Å². The Morgan fingerprint density at radius 3 is 2.63 bits per heavy atom. The van der Waals surface area contributed by atoms with Crippen LogP contribution in [0.15, 0.2) is 42.0 Å². The summed E-state index contributed by atoms with van der Waals surface area (Å²) in [4.78, 5) is 38.3. The number of barbiturate groups is 1. The molecule has 8 nitrogen and oxygen atoms in total. The zero-order chi connectivity index (χ0) is 21.8. The summed E-state index contributed by atoms with van der Waals surface area (Å²) in [5.41, 5.74) is 0.183. The van der Waals surface area contributed by atoms with E-state index >= 15 is 0 Å². The zero-order valence-electron chi connectivity index (χ0n) is 15.4. The number of benzene rings is 2. The Labute approximate surface area is 181 Å². The molecule has 1 N–H and O–H groups in total. The Kier molecular flexibility index (Phi) is 6.26. The summed E-state index contributed by atoms with van der Waals surface area (Å²) in [5.74, 6) is -1.10. The number of ether oxygens (including phenoxy) is 2. The van der Waals surface area contributed by atoms with Crippen LogP contribution in [0, 0.1) is 11.3 Å². The van der Waals surface area contributed by atoms with Crippen molar-refractivity contribution in [3.05, 3.63) is 57.6 Å². The van der Waals surface area contributed by atoms with Crippen LogP contribution >= 0.6 is 23.2 Å². The van der Waals surface area contributed by atoms with Crippen molar-refractivity contribution < 1.29 is 23.9 Å². The third-order valence-electron chi connectivity index (χ3n) is 4.06. The van der Waals surface area contributed by atoms with Crippen LogP contribution in [0.4, 0.5) is 10.5 Å². The van der Waals surface area contributed by atoms with Gasteiger partial charge < -0.3 is 9.47 Å². The van der Waals surface area contributed by atoms with E-state index in [1.54, 1.807) is 6.07 Å². The number of nitrogens with zero attached hydrogens (tertiary/aromatic N) is 2. The molecule has 152 valence electrons. The van der Waals surface area contributed by atoms with Crippen LogP contribution in [0.5, 0.6) is 11.5 Å². The van der Waals surface area contributed by atoms with E-state index < -0.39 is 17.8 Å². The first-order valence-electron chi connectivity index (χ1n) is 8.40. The fourth-order valence-corrected chi connectivity index (χ4v) is 3.09. The largest absolute Gasteiger partial charge is 0.493 e. The highest BCUT2D eigenvalue weighted by Gasteiger charge is 2.38. The first-order valence-corrected chi connectivity index (χ1v) is 9.16. The molecule has 0 radical (unpaired) electrons. The first-order chi connectivity index (χ1) is 14.4. The van der Waals surface area contributed by atoms with Gasteiger partial charge in [-0.15, -0.1) is 0 Å². The maximum absolute atomic E-state index is 13.0. The molecule has 0 saturated carbocycles. The minimum absolute atomic E-state index is 0.00275. The van der Waals surface area contributed by atoms with Crippen molar-refractivity contribution in [2.75, 3.05) is 18.6 Å². The summed E-state index contributed by atoms with van der Waals surface area (Å²) in [5, 5.41) is 10.9. The predicted molar refractivity (Wildman–Crippen MR) is 110 cm³/mol. The number of carbonyl (C=O) groups excluding carboxylic acids is 3. The number of hydrogen-bond acceptors (Lipinski definition) is 6. The number of rotatable bonds is 5. The average molecular weight is 446 g/mol. The molecule has 10 heteroatoms. The van der Waals surface area contributed by atoms with E-state index in [4.69, 9.17) is 37.9 Å². The summed E-state index contributed by atoms with van der Waals surface area (Å²) in [6, 6.07) is 9.99. The van der Waals surface area contributed by atoms with Crippen molar-refractivity contribution in [3.63, 3.8) is 0 Å². The Hall–Kier alpha value is -3.54. The summed E-state index contributed by atoms with van der Waals surface area (Å²) < 4.78 is 10.5. The van der Waals surface area contributed by atoms with E-state index in [0.717, 1.165) is 4.90 Å². The number of hydrogen-bond donors (Lipinski definition) is 1. The number of nitrogens with one attached hydrogen (secondary N) is 1. The monoisotopic (exact) mass is 445 g/mol. The molecular weight excluding hydrogens is 433 g/mol. The minimum Gasteiger partial charge on any atom is -0.493 e. The molecule has 0 atom stereocenters. The molecule has 30 heavy (non-hydrogen) atoms. The number of imide groups is 2. The third kappa shape index (κ3) is 4.08. The lowest BCUT2D eigenvalue weighted by atomic mass is 10.1. The topological polar surface area (TPSA) is 109 Å². The van der Waals surface area contributed by atoms with Crippen LogP contribution in [-0.4, -0.2) is 31.6 Å². The molecule has 3 rings (SSSR count). The highest BCUT2D eigenvalue weighted by atomic mass is 35.5. The molecule has 4 amide bonds. The molecule has 2 aromatic rings. The quantitative estimate of drug-likeness (QED) is 0.556. The molecule has 0 bridgehead atoms. The fourth-order valence-electron chi connectivity index (χ4n) is 2.71. The van der Waals surface area contributed by atoms with Gasteiger partial charge >= 0.3 is 6.03 Å². The van der Waals surface area contributed by atoms with Crippen molar-refractivity contribution >= 4 is 52.8 Å². The van der Waals surface area contributed by atoms with Crippen LogP contribution in [-0.2, 0) is 9.59 Å². The normalized spacial score (nSPS) is 15.1. The predicted octanol–water partition coefficient (Wildman–Crippen LogP) is 3.57. The van der Waals surface area contributed by atoms with E-state index in [2.05, 4.69) is 5.32 Å².